The van der Waals surface area contributed by atoms with E-state index in [1.807, 2.05) is 6.20 Å². The molecular weight excluding hydrogens is 290 g/mol. The smallest absolute Gasteiger partial charge is 0.180 e. The predicted octanol–water partition coefficient (Wildman–Crippen LogP) is 3.87. The van der Waals surface area contributed by atoms with Crippen molar-refractivity contribution in [3.05, 3.63) is 47.0 Å². The fraction of sp³-hybridized carbons (Fsp3) is 0.400. The van der Waals surface area contributed by atoms with Gasteiger partial charge < -0.3 is 5.73 Å². The van der Waals surface area contributed by atoms with E-state index in [-0.39, 0.29) is 12.4 Å². The summed E-state index contributed by atoms with van der Waals surface area (Å²) in [7, 11) is 0. The van der Waals surface area contributed by atoms with Gasteiger partial charge in [0.15, 0.2) is 5.13 Å². The molecule has 1 aromatic heterocycles. The topological polar surface area (TPSA) is 42.1 Å². The lowest BCUT2D eigenvalue weighted by atomic mass is 9.95. The Morgan fingerprint density at radius 1 is 1.25 bits per heavy atom. The Labute approximate surface area is 130 Å². The van der Waals surface area contributed by atoms with Crippen molar-refractivity contribution in [2.75, 3.05) is 12.3 Å². The number of halogens is 1. The highest BCUT2D eigenvalue weighted by molar-refractivity contribution is 7.15. The van der Waals surface area contributed by atoms with Crippen LogP contribution in [0, 0.1) is 0 Å². The average Bonchev–Trinajstić information content (AvgIpc) is 2.86. The van der Waals surface area contributed by atoms with Crippen LogP contribution in [-0.2, 0) is 6.54 Å². The zero-order valence-electron chi connectivity index (χ0n) is 11.4. The number of piperidine rings is 1. The van der Waals surface area contributed by atoms with Crippen LogP contribution >= 0.6 is 23.7 Å². The van der Waals surface area contributed by atoms with Crippen molar-refractivity contribution in [1.29, 1.82) is 0 Å². The van der Waals surface area contributed by atoms with E-state index < -0.39 is 0 Å². The molecule has 1 unspecified atom stereocenters. The van der Waals surface area contributed by atoms with Gasteiger partial charge in [-0.2, -0.15) is 0 Å². The van der Waals surface area contributed by atoms with Gasteiger partial charge >= 0.3 is 0 Å². The maximum Gasteiger partial charge on any atom is 0.180 e. The van der Waals surface area contributed by atoms with Gasteiger partial charge in [0.05, 0.1) is 0 Å². The molecule has 1 aliphatic heterocycles. The van der Waals surface area contributed by atoms with E-state index in [0.29, 0.717) is 11.2 Å². The van der Waals surface area contributed by atoms with Crippen LogP contribution in [0.5, 0.6) is 0 Å². The molecule has 0 aliphatic carbocycles. The Balaban J connectivity index is 0.00000147. The van der Waals surface area contributed by atoms with Gasteiger partial charge in [-0.25, -0.2) is 4.98 Å². The zero-order valence-corrected chi connectivity index (χ0v) is 13.0. The second kappa shape index (κ2) is 7.07. The van der Waals surface area contributed by atoms with Crippen LogP contribution in [0.25, 0.3) is 0 Å². The fourth-order valence-corrected chi connectivity index (χ4v) is 3.54. The largest absolute Gasteiger partial charge is 0.375 e. The Bertz CT molecular complexity index is 529. The summed E-state index contributed by atoms with van der Waals surface area (Å²) in [4.78, 5) is 7.98. The molecule has 1 atom stereocenters. The first-order valence-corrected chi connectivity index (χ1v) is 7.64. The van der Waals surface area contributed by atoms with E-state index in [4.69, 9.17) is 5.73 Å². The molecule has 3 nitrogen and oxygen atoms in total. The van der Waals surface area contributed by atoms with Crippen LogP contribution in [0.1, 0.15) is 35.7 Å². The SMILES string of the molecule is Cl.Nc1ncc(CN2CCCCC2c2ccccc2)s1. The number of rotatable bonds is 3. The van der Waals surface area contributed by atoms with Gasteiger partial charge in [0.1, 0.15) is 0 Å². The molecule has 5 heteroatoms. The molecule has 0 radical (unpaired) electrons. The third kappa shape index (κ3) is 3.51. The molecule has 2 N–H and O–H groups in total. The number of hydrogen-bond donors (Lipinski definition) is 1. The number of nitrogens with zero attached hydrogens (tertiary/aromatic N) is 2. The van der Waals surface area contributed by atoms with Crippen molar-refractivity contribution < 1.29 is 0 Å². The average molecular weight is 310 g/mol. The minimum atomic E-state index is 0. The monoisotopic (exact) mass is 309 g/mol. The van der Waals surface area contributed by atoms with Crippen LogP contribution in [-0.4, -0.2) is 16.4 Å². The molecule has 1 fully saturated rings. The van der Waals surface area contributed by atoms with Crippen molar-refractivity contribution in [3.63, 3.8) is 0 Å². The maximum absolute atomic E-state index is 5.72. The Kier molecular flexibility index (Phi) is 5.40. The molecular formula is C15H20ClN3S. The standard InChI is InChI=1S/C15H19N3S.ClH/c16-15-17-10-13(19-15)11-18-9-5-4-8-14(18)12-6-2-1-3-7-12;/h1-3,6-7,10,14H,4-5,8-9,11H2,(H2,16,17);1H. The summed E-state index contributed by atoms with van der Waals surface area (Å²) in [6, 6.07) is 11.4. The normalized spacial score (nSPS) is 19.5. The quantitative estimate of drug-likeness (QED) is 0.935. The maximum atomic E-state index is 5.72. The summed E-state index contributed by atoms with van der Waals surface area (Å²) >= 11 is 1.60. The molecule has 108 valence electrons. The summed E-state index contributed by atoms with van der Waals surface area (Å²) < 4.78 is 0. The van der Waals surface area contributed by atoms with Gasteiger partial charge in [-0.3, -0.25) is 4.90 Å². The van der Waals surface area contributed by atoms with E-state index in [0.717, 1.165) is 13.1 Å². The van der Waals surface area contributed by atoms with Gasteiger partial charge in [0.2, 0.25) is 0 Å². The van der Waals surface area contributed by atoms with Crippen LogP contribution in [0.2, 0.25) is 0 Å². The summed E-state index contributed by atoms with van der Waals surface area (Å²) in [5, 5.41) is 0.670. The number of nitrogen functional groups attached to an aromatic ring is 1. The molecule has 3 rings (SSSR count). The van der Waals surface area contributed by atoms with Gasteiger partial charge in [-0.1, -0.05) is 36.8 Å². The van der Waals surface area contributed by atoms with Crippen molar-refractivity contribution in [2.24, 2.45) is 0 Å². The van der Waals surface area contributed by atoms with Crippen LogP contribution in [0.15, 0.2) is 36.5 Å². The van der Waals surface area contributed by atoms with E-state index in [2.05, 4.69) is 40.2 Å². The highest BCUT2D eigenvalue weighted by atomic mass is 35.5. The highest BCUT2D eigenvalue weighted by Crippen LogP contribution is 2.32. The van der Waals surface area contributed by atoms with Crippen molar-refractivity contribution in [2.45, 2.75) is 31.8 Å². The summed E-state index contributed by atoms with van der Waals surface area (Å²) in [6.45, 7) is 2.13. The highest BCUT2D eigenvalue weighted by Gasteiger charge is 2.24. The van der Waals surface area contributed by atoms with Gasteiger partial charge in [0, 0.05) is 23.7 Å². The van der Waals surface area contributed by atoms with Gasteiger partial charge in [-0.05, 0) is 24.9 Å². The Hall–Kier alpha value is -1.10. The fourth-order valence-electron chi connectivity index (χ4n) is 2.83. The molecule has 0 saturated carbocycles. The van der Waals surface area contributed by atoms with E-state index in [9.17, 15) is 0 Å². The lowest BCUT2D eigenvalue weighted by Gasteiger charge is -2.35. The van der Waals surface area contributed by atoms with Crippen molar-refractivity contribution in [3.8, 4) is 0 Å². The Morgan fingerprint density at radius 2 is 2.05 bits per heavy atom. The van der Waals surface area contributed by atoms with Crippen LogP contribution in [0.4, 0.5) is 5.13 Å². The molecule has 0 spiro atoms. The molecule has 1 aromatic carbocycles. The second-order valence-electron chi connectivity index (χ2n) is 5.06. The predicted molar refractivity (Wildman–Crippen MR) is 87.2 cm³/mol. The third-order valence-corrected chi connectivity index (χ3v) is 4.54. The first kappa shape index (κ1) is 15.3. The first-order valence-electron chi connectivity index (χ1n) is 6.82. The van der Waals surface area contributed by atoms with Crippen LogP contribution < -0.4 is 5.73 Å². The number of thiazole rings is 1. The van der Waals surface area contributed by atoms with E-state index >= 15 is 0 Å². The second-order valence-corrected chi connectivity index (χ2v) is 6.20. The number of nitrogens with two attached hydrogens (primary N) is 1. The molecule has 1 aliphatic rings. The molecule has 2 aromatic rings. The van der Waals surface area contributed by atoms with Crippen LogP contribution in [0.3, 0.4) is 0 Å². The summed E-state index contributed by atoms with van der Waals surface area (Å²) in [5.74, 6) is 0. The van der Waals surface area contributed by atoms with Gasteiger partial charge in [0.25, 0.3) is 0 Å². The van der Waals surface area contributed by atoms with Gasteiger partial charge in [-0.15, -0.1) is 23.7 Å². The minimum Gasteiger partial charge on any atom is -0.375 e. The molecule has 0 bridgehead atoms. The number of likely N-dealkylation sites (tertiary alicyclic amines) is 1. The number of hydrogen-bond acceptors (Lipinski definition) is 4. The molecule has 2 heterocycles. The summed E-state index contributed by atoms with van der Waals surface area (Å²) in [5.41, 5.74) is 7.15. The lowest BCUT2D eigenvalue weighted by Crippen LogP contribution is -2.32. The lowest BCUT2D eigenvalue weighted by molar-refractivity contribution is 0.142. The number of benzene rings is 1. The first-order chi connectivity index (χ1) is 9.33. The number of aromatic nitrogens is 1. The van der Waals surface area contributed by atoms with E-state index in [1.165, 1.54) is 29.7 Å². The minimum absolute atomic E-state index is 0. The molecule has 1 saturated heterocycles. The van der Waals surface area contributed by atoms with Crippen molar-refractivity contribution >= 4 is 28.9 Å². The zero-order chi connectivity index (χ0) is 13.1. The molecule has 0 amide bonds. The third-order valence-electron chi connectivity index (χ3n) is 3.73. The van der Waals surface area contributed by atoms with Crippen molar-refractivity contribution in [1.82, 2.24) is 9.88 Å². The van der Waals surface area contributed by atoms with E-state index in [1.54, 1.807) is 11.3 Å². The number of anilines is 1. The Morgan fingerprint density at radius 3 is 2.75 bits per heavy atom. The molecule has 20 heavy (non-hydrogen) atoms. The summed E-state index contributed by atoms with van der Waals surface area (Å²) in [6.07, 6.45) is 5.77.